The number of carbonyl (C=O) groups is 2. The minimum absolute atomic E-state index is 0.159. The summed E-state index contributed by atoms with van der Waals surface area (Å²) in [5, 5.41) is 0. The lowest BCUT2D eigenvalue weighted by atomic mass is 10.0. The summed E-state index contributed by atoms with van der Waals surface area (Å²) < 4.78 is 33.1. The van der Waals surface area contributed by atoms with Crippen molar-refractivity contribution in [2.24, 2.45) is 5.73 Å². The minimum atomic E-state index is -3.81. The van der Waals surface area contributed by atoms with Gasteiger partial charge < -0.3 is 10.5 Å². The van der Waals surface area contributed by atoms with E-state index in [0.29, 0.717) is 16.7 Å². The Morgan fingerprint density at radius 3 is 2.10 bits per heavy atom. The first-order valence-corrected chi connectivity index (χ1v) is 10.6. The molecule has 2 aromatic carbocycles. The van der Waals surface area contributed by atoms with Gasteiger partial charge in [0.1, 0.15) is 0 Å². The van der Waals surface area contributed by atoms with E-state index in [9.17, 15) is 18.0 Å². The van der Waals surface area contributed by atoms with Crippen LogP contribution >= 0.6 is 0 Å². The van der Waals surface area contributed by atoms with Crippen molar-refractivity contribution in [2.45, 2.75) is 45.1 Å². The van der Waals surface area contributed by atoms with E-state index >= 15 is 0 Å². The smallest absolute Gasteiger partial charge is 0.308 e. The van der Waals surface area contributed by atoms with E-state index < -0.39 is 28.0 Å². The van der Waals surface area contributed by atoms with E-state index in [1.165, 1.54) is 0 Å². The van der Waals surface area contributed by atoms with Crippen LogP contribution in [-0.4, -0.2) is 26.8 Å². The molecule has 1 amide bonds. The van der Waals surface area contributed by atoms with E-state index in [-0.39, 0.29) is 17.9 Å². The molecule has 156 valence electrons. The highest BCUT2D eigenvalue weighted by atomic mass is 32.2. The molecule has 0 aromatic heterocycles. The maximum absolute atomic E-state index is 12.8. The summed E-state index contributed by atoms with van der Waals surface area (Å²) in [6.07, 6.45) is -1.46. The molecule has 2 aromatic rings. The van der Waals surface area contributed by atoms with Crippen molar-refractivity contribution in [3.05, 3.63) is 64.2 Å². The zero-order chi connectivity index (χ0) is 21.8. The van der Waals surface area contributed by atoms with Gasteiger partial charge in [0.05, 0.1) is 11.3 Å². The lowest BCUT2D eigenvalue weighted by molar-refractivity contribution is -0.155. The quantitative estimate of drug-likeness (QED) is 0.639. The van der Waals surface area contributed by atoms with E-state index in [0.717, 1.165) is 11.1 Å². The predicted octanol–water partition coefficient (Wildman–Crippen LogP) is 2.36. The largest absolute Gasteiger partial charge is 0.447 e. The van der Waals surface area contributed by atoms with Crippen LogP contribution in [0.3, 0.4) is 0 Å². The van der Waals surface area contributed by atoms with Gasteiger partial charge in [0.25, 0.3) is 5.91 Å². The Morgan fingerprint density at radius 2 is 1.59 bits per heavy atom. The summed E-state index contributed by atoms with van der Waals surface area (Å²) in [4.78, 5) is 24.0. The van der Waals surface area contributed by atoms with Gasteiger partial charge in [0.15, 0.2) is 0 Å². The SMILES string of the molecule is Cc1cc(C)c(C)c(S(=O)(=O)NCCC(=O)OC(C(N)=O)c2ccccc2)c1C. The fourth-order valence-electron chi connectivity index (χ4n) is 3.05. The molecule has 1 atom stereocenters. The Kier molecular flexibility index (Phi) is 7.16. The molecule has 29 heavy (non-hydrogen) atoms. The summed E-state index contributed by atoms with van der Waals surface area (Å²) >= 11 is 0. The molecule has 0 saturated carbocycles. The fourth-order valence-corrected chi connectivity index (χ4v) is 4.70. The number of primary amides is 1. The van der Waals surface area contributed by atoms with E-state index in [4.69, 9.17) is 10.5 Å². The molecule has 0 fully saturated rings. The zero-order valence-corrected chi connectivity index (χ0v) is 17.8. The molecule has 0 radical (unpaired) electrons. The van der Waals surface area contributed by atoms with Crippen molar-refractivity contribution >= 4 is 21.9 Å². The van der Waals surface area contributed by atoms with Gasteiger partial charge in [0.2, 0.25) is 16.1 Å². The maximum Gasteiger partial charge on any atom is 0.308 e. The number of ether oxygens (including phenoxy) is 1. The third-order valence-electron chi connectivity index (χ3n) is 4.80. The van der Waals surface area contributed by atoms with Crippen LogP contribution in [-0.2, 0) is 24.3 Å². The summed E-state index contributed by atoms with van der Waals surface area (Å²) in [6.45, 7) is 7.05. The van der Waals surface area contributed by atoms with Gasteiger partial charge in [-0.1, -0.05) is 36.4 Å². The molecule has 0 spiro atoms. The zero-order valence-electron chi connectivity index (χ0n) is 17.0. The van der Waals surface area contributed by atoms with E-state index in [2.05, 4.69) is 4.72 Å². The number of aryl methyl sites for hydroxylation is 2. The Balaban J connectivity index is 2.06. The number of amides is 1. The Morgan fingerprint density at radius 1 is 1.03 bits per heavy atom. The lowest BCUT2D eigenvalue weighted by Crippen LogP contribution is -2.30. The minimum Gasteiger partial charge on any atom is -0.447 e. The van der Waals surface area contributed by atoms with Gasteiger partial charge in [-0.15, -0.1) is 0 Å². The first-order chi connectivity index (χ1) is 13.5. The standard InChI is InChI=1S/C21H26N2O5S/c1-13-12-14(2)16(4)20(15(13)3)29(26,27)23-11-10-18(24)28-19(21(22)25)17-8-6-5-7-9-17/h5-9,12,19,23H,10-11H2,1-4H3,(H2,22,25). The Hall–Kier alpha value is -2.71. The third kappa shape index (κ3) is 5.42. The van der Waals surface area contributed by atoms with Crippen LogP contribution in [0.1, 0.15) is 40.3 Å². The number of esters is 1. The van der Waals surface area contributed by atoms with E-state index in [1.54, 1.807) is 44.2 Å². The fraction of sp³-hybridized carbons (Fsp3) is 0.333. The molecule has 0 saturated heterocycles. The van der Waals surface area contributed by atoms with E-state index in [1.807, 2.05) is 19.9 Å². The molecule has 0 aliphatic carbocycles. The number of hydrogen-bond acceptors (Lipinski definition) is 5. The second-order valence-corrected chi connectivity index (χ2v) is 8.62. The number of sulfonamides is 1. The topological polar surface area (TPSA) is 116 Å². The normalized spacial score (nSPS) is 12.4. The monoisotopic (exact) mass is 418 g/mol. The first kappa shape index (κ1) is 22.6. The molecule has 8 heteroatoms. The van der Waals surface area contributed by atoms with Gasteiger partial charge in [-0.05, 0) is 49.9 Å². The summed E-state index contributed by atoms with van der Waals surface area (Å²) in [7, 11) is -3.81. The molecular formula is C21H26N2O5S. The van der Waals surface area contributed by atoms with Crippen LogP contribution in [0, 0.1) is 27.7 Å². The number of nitrogens with one attached hydrogen (secondary N) is 1. The number of hydrogen-bond donors (Lipinski definition) is 2. The molecule has 0 aliphatic rings. The summed E-state index contributed by atoms with van der Waals surface area (Å²) in [6, 6.07) is 10.3. The highest BCUT2D eigenvalue weighted by Gasteiger charge is 2.24. The number of nitrogens with two attached hydrogens (primary N) is 1. The molecule has 3 N–H and O–H groups in total. The van der Waals surface area contributed by atoms with Crippen molar-refractivity contribution in [1.82, 2.24) is 4.72 Å². The van der Waals surface area contributed by atoms with Crippen molar-refractivity contribution in [3.8, 4) is 0 Å². The Bertz CT molecular complexity index is 991. The van der Waals surface area contributed by atoms with Crippen LogP contribution in [0.4, 0.5) is 0 Å². The third-order valence-corrected chi connectivity index (χ3v) is 6.53. The van der Waals surface area contributed by atoms with Crippen LogP contribution in [0.2, 0.25) is 0 Å². The molecule has 0 bridgehead atoms. The highest BCUT2D eigenvalue weighted by molar-refractivity contribution is 7.89. The van der Waals surface area contributed by atoms with Crippen molar-refractivity contribution in [1.29, 1.82) is 0 Å². The van der Waals surface area contributed by atoms with Gasteiger partial charge in [-0.25, -0.2) is 13.1 Å². The van der Waals surface area contributed by atoms with Crippen molar-refractivity contribution in [2.75, 3.05) is 6.54 Å². The maximum atomic E-state index is 12.8. The van der Waals surface area contributed by atoms with Crippen molar-refractivity contribution < 1.29 is 22.7 Å². The van der Waals surface area contributed by atoms with Gasteiger partial charge >= 0.3 is 5.97 Å². The average molecular weight is 419 g/mol. The average Bonchev–Trinajstić information content (AvgIpc) is 2.65. The molecule has 2 rings (SSSR count). The van der Waals surface area contributed by atoms with Crippen LogP contribution in [0.25, 0.3) is 0 Å². The lowest BCUT2D eigenvalue weighted by Gasteiger charge is -2.17. The molecule has 1 unspecified atom stereocenters. The summed E-state index contributed by atoms with van der Waals surface area (Å²) in [5.74, 6) is -1.53. The Labute approximate surface area is 171 Å². The highest BCUT2D eigenvalue weighted by Crippen LogP contribution is 2.26. The number of rotatable bonds is 8. The predicted molar refractivity (Wildman–Crippen MR) is 110 cm³/mol. The molecule has 0 heterocycles. The van der Waals surface area contributed by atoms with Gasteiger partial charge in [0, 0.05) is 12.1 Å². The number of carbonyl (C=O) groups excluding carboxylic acids is 2. The van der Waals surface area contributed by atoms with Crippen LogP contribution in [0.15, 0.2) is 41.3 Å². The van der Waals surface area contributed by atoms with Crippen LogP contribution in [0.5, 0.6) is 0 Å². The second kappa shape index (κ2) is 9.19. The summed E-state index contributed by atoms with van der Waals surface area (Å²) in [5.41, 5.74) is 8.86. The van der Waals surface area contributed by atoms with Crippen LogP contribution < -0.4 is 10.5 Å². The second-order valence-electron chi connectivity index (χ2n) is 6.92. The molecule has 7 nitrogen and oxygen atoms in total. The first-order valence-electron chi connectivity index (χ1n) is 9.15. The van der Waals surface area contributed by atoms with Gasteiger partial charge in [-0.3, -0.25) is 9.59 Å². The number of benzene rings is 2. The van der Waals surface area contributed by atoms with Gasteiger partial charge in [-0.2, -0.15) is 0 Å². The van der Waals surface area contributed by atoms with Crippen molar-refractivity contribution in [3.63, 3.8) is 0 Å². The molecular weight excluding hydrogens is 392 g/mol. The molecule has 0 aliphatic heterocycles.